The van der Waals surface area contributed by atoms with Gasteiger partial charge in [-0.15, -0.1) is 0 Å². The maximum absolute atomic E-state index is 12.7. The minimum atomic E-state index is -0.228. The van der Waals surface area contributed by atoms with Gasteiger partial charge < -0.3 is 14.0 Å². The lowest BCUT2D eigenvalue weighted by Crippen LogP contribution is -2.15. The van der Waals surface area contributed by atoms with Crippen molar-refractivity contribution in [3.05, 3.63) is 29.5 Å². The number of rotatable bonds is 7. The molecule has 4 nitrogen and oxygen atoms in total. The molecule has 2 aromatic rings. The lowest BCUT2D eigenvalue weighted by Gasteiger charge is -2.26. The van der Waals surface area contributed by atoms with Crippen LogP contribution in [-0.4, -0.2) is 23.8 Å². The fourth-order valence-electron chi connectivity index (χ4n) is 4.19. The average Bonchev–Trinajstić information content (AvgIpc) is 2.93. The Morgan fingerprint density at radius 3 is 2.63 bits per heavy atom. The number of fused-ring (bicyclic) bond motifs is 1. The van der Waals surface area contributed by atoms with Crippen molar-refractivity contribution in [3.8, 4) is 5.75 Å². The summed E-state index contributed by atoms with van der Waals surface area (Å²) in [6, 6.07) is 6.65. The van der Waals surface area contributed by atoms with Crippen LogP contribution in [0.2, 0.25) is 0 Å². The topological polar surface area (TPSA) is 40.5 Å². The molecule has 0 unspecified atom stereocenters. The minimum absolute atomic E-state index is 0.228. The third kappa shape index (κ3) is 4.31. The van der Waals surface area contributed by atoms with Gasteiger partial charge in [-0.3, -0.25) is 0 Å². The average molecular weight is 372 g/mol. The van der Waals surface area contributed by atoms with E-state index in [1.165, 1.54) is 32.1 Å². The van der Waals surface area contributed by atoms with E-state index in [2.05, 4.69) is 31.4 Å². The number of nitrogens with zero attached hydrogens (tertiary/aromatic N) is 1. The Morgan fingerprint density at radius 2 is 1.96 bits per heavy atom. The molecule has 1 aliphatic carbocycles. The number of benzene rings is 1. The van der Waals surface area contributed by atoms with Crippen LogP contribution in [0, 0.1) is 12.8 Å². The molecule has 4 heteroatoms. The molecule has 1 fully saturated rings. The van der Waals surface area contributed by atoms with Crippen LogP contribution >= 0.6 is 0 Å². The van der Waals surface area contributed by atoms with Gasteiger partial charge in [0, 0.05) is 22.6 Å². The Hall–Kier alpha value is -1.97. The number of ether oxygens (including phenoxy) is 2. The first kappa shape index (κ1) is 19.8. The molecule has 0 saturated heterocycles. The van der Waals surface area contributed by atoms with E-state index in [-0.39, 0.29) is 5.97 Å². The highest BCUT2D eigenvalue weighted by atomic mass is 16.5. The van der Waals surface area contributed by atoms with E-state index in [1.54, 1.807) is 0 Å². The van der Waals surface area contributed by atoms with E-state index in [0.717, 1.165) is 28.8 Å². The largest absolute Gasteiger partial charge is 0.494 e. The highest BCUT2D eigenvalue weighted by molar-refractivity contribution is 6.06. The molecule has 0 amide bonds. The zero-order valence-corrected chi connectivity index (χ0v) is 17.2. The minimum Gasteiger partial charge on any atom is -0.494 e. The summed E-state index contributed by atoms with van der Waals surface area (Å²) in [5.41, 5.74) is 2.85. The fourth-order valence-corrected chi connectivity index (χ4v) is 4.19. The normalized spacial score (nSPS) is 15.4. The highest BCUT2D eigenvalue weighted by Crippen LogP contribution is 2.37. The lowest BCUT2D eigenvalue weighted by atomic mass is 9.95. The molecule has 0 N–H and O–H groups in total. The standard InChI is InChI=1S/C23H33NO3/c1-5-26-23(25)22-17(4)24(18-9-7-6-8-10-18)21-12-11-19(15-20(21)22)27-14-13-16(2)3/h11-12,15-16,18H,5-10,13-14H2,1-4H3. The van der Waals surface area contributed by atoms with Gasteiger partial charge in [0.05, 0.1) is 18.8 Å². The lowest BCUT2D eigenvalue weighted by molar-refractivity contribution is 0.0527. The summed E-state index contributed by atoms with van der Waals surface area (Å²) in [4.78, 5) is 12.7. The Morgan fingerprint density at radius 1 is 1.22 bits per heavy atom. The van der Waals surface area contributed by atoms with Gasteiger partial charge in [0.2, 0.25) is 0 Å². The van der Waals surface area contributed by atoms with Crippen molar-refractivity contribution >= 4 is 16.9 Å². The van der Waals surface area contributed by atoms with Crippen molar-refractivity contribution in [2.24, 2.45) is 5.92 Å². The number of hydrogen-bond donors (Lipinski definition) is 0. The van der Waals surface area contributed by atoms with Crippen LogP contribution in [-0.2, 0) is 4.74 Å². The van der Waals surface area contributed by atoms with Gasteiger partial charge >= 0.3 is 5.97 Å². The van der Waals surface area contributed by atoms with Crippen LogP contribution in [0.5, 0.6) is 5.75 Å². The Balaban J connectivity index is 2.02. The van der Waals surface area contributed by atoms with E-state index in [9.17, 15) is 4.79 Å². The second-order valence-corrected chi connectivity index (χ2v) is 8.05. The predicted octanol–water partition coefficient (Wildman–Crippen LogP) is 6.06. The summed E-state index contributed by atoms with van der Waals surface area (Å²) >= 11 is 0. The van der Waals surface area contributed by atoms with Gasteiger partial charge in [-0.25, -0.2) is 4.79 Å². The summed E-state index contributed by atoms with van der Waals surface area (Å²) in [5.74, 6) is 1.21. The molecule has 0 radical (unpaired) electrons. The van der Waals surface area contributed by atoms with Crippen molar-refractivity contribution in [3.63, 3.8) is 0 Å². The molecular formula is C23H33NO3. The van der Waals surface area contributed by atoms with Crippen molar-refractivity contribution in [1.29, 1.82) is 0 Å². The molecule has 0 spiro atoms. The molecule has 1 aromatic carbocycles. The van der Waals surface area contributed by atoms with E-state index < -0.39 is 0 Å². The van der Waals surface area contributed by atoms with E-state index in [0.29, 0.717) is 30.7 Å². The van der Waals surface area contributed by atoms with Gasteiger partial charge in [0.25, 0.3) is 0 Å². The summed E-state index contributed by atoms with van der Waals surface area (Å²) in [7, 11) is 0. The summed E-state index contributed by atoms with van der Waals surface area (Å²) in [6.07, 6.45) is 7.21. The molecule has 0 atom stereocenters. The van der Waals surface area contributed by atoms with Gasteiger partial charge in [-0.2, -0.15) is 0 Å². The molecule has 1 aromatic heterocycles. The second kappa shape index (κ2) is 8.81. The van der Waals surface area contributed by atoms with Crippen LogP contribution in [0.3, 0.4) is 0 Å². The van der Waals surface area contributed by atoms with Crippen molar-refractivity contribution < 1.29 is 14.3 Å². The number of aromatic nitrogens is 1. The monoisotopic (exact) mass is 371 g/mol. The van der Waals surface area contributed by atoms with Gasteiger partial charge in [-0.1, -0.05) is 33.1 Å². The molecular weight excluding hydrogens is 338 g/mol. The fraction of sp³-hybridized carbons (Fsp3) is 0.609. The molecule has 0 bridgehead atoms. The second-order valence-electron chi connectivity index (χ2n) is 8.05. The maximum atomic E-state index is 12.7. The maximum Gasteiger partial charge on any atom is 0.340 e. The zero-order valence-electron chi connectivity index (χ0n) is 17.2. The first-order valence-corrected chi connectivity index (χ1v) is 10.5. The van der Waals surface area contributed by atoms with Gasteiger partial charge in [0.1, 0.15) is 5.75 Å². The number of hydrogen-bond acceptors (Lipinski definition) is 3. The summed E-state index contributed by atoms with van der Waals surface area (Å²) in [5, 5.41) is 0.957. The van der Waals surface area contributed by atoms with Crippen LogP contribution in [0.15, 0.2) is 18.2 Å². The summed E-state index contributed by atoms with van der Waals surface area (Å²) in [6.45, 7) is 9.38. The molecule has 0 aliphatic heterocycles. The highest BCUT2D eigenvalue weighted by Gasteiger charge is 2.26. The smallest absolute Gasteiger partial charge is 0.340 e. The third-order valence-electron chi connectivity index (χ3n) is 5.60. The Kier molecular flexibility index (Phi) is 6.46. The predicted molar refractivity (Wildman–Crippen MR) is 110 cm³/mol. The van der Waals surface area contributed by atoms with Crippen LogP contribution in [0.1, 0.15) is 81.4 Å². The Labute approximate surface area is 162 Å². The number of carbonyl (C=O) groups is 1. The molecule has 1 heterocycles. The summed E-state index contributed by atoms with van der Waals surface area (Å²) < 4.78 is 13.7. The quantitative estimate of drug-likeness (QED) is 0.556. The Bertz CT molecular complexity index is 785. The molecule has 3 rings (SSSR count). The van der Waals surface area contributed by atoms with Crippen LogP contribution in [0.25, 0.3) is 10.9 Å². The molecule has 1 aliphatic rings. The van der Waals surface area contributed by atoms with E-state index >= 15 is 0 Å². The van der Waals surface area contributed by atoms with Gasteiger partial charge in [-0.05, 0) is 57.2 Å². The van der Waals surface area contributed by atoms with Crippen LogP contribution < -0.4 is 4.74 Å². The zero-order chi connectivity index (χ0) is 19.4. The van der Waals surface area contributed by atoms with Crippen molar-refractivity contribution in [2.75, 3.05) is 13.2 Å². The number of esters is 1. The SMILES string of the molecule is CCOC(=O)c1c(C)n(C2CCCCC2)c2ccc(OCCC(C)C)cc12. The first-order valence-electron chi connectivity index (χ1n) is 10.5. The van der Waals surface area contributed by atoms with Crippen molar-refractivity contribution in [1.82, 2.24) is 4.57 Å². The molecule has 148 valence electrons. The third-order valence-corrected chi connectivity index (χ3v) is 5.60. The van der Waals surface area contributed by atoms with Crippen molar-refractivity contribution in [2.45, 2.75) is 72.3 Å². The molecule has 1 saturated carbocycles. The van der Waals surface area contributed by atoms with E-state index in [1.807, 2.05) is 19.1 Å². The molecule has 27 heavy (non-hydrogen) atoms. The van der Waals surface area contributed by atoms with E-state index in [4.69, 9.17) is 9.47 Å². The first-order chi connectivity index (χ1) is 13.0. The number of carbonyl (C=O) groups excluding carboxylic acids is 1. The van der Waals surface area contributed by atoms with Gasteiger partial charge in [0.15, 0.2) is 0 Å². The van der Waals surface area contributed by atoms with Crippen LogP contribution in [0.4, 0.5) is 0 Å².